The molecule has 194 valence electrons. The molecule has 9 nitrogen and oxygen atoms in total. The van der Waals surface area contributed by atoms with Crippen molar-refractivity contribution in [3.63, 3.8) is 0 Å². The smallest absolute Gasteiger partial charge is 0.179 e. The van der Waals surface area contributed by atoms with Crippen molar-refractivity contribution in [2.24, 2.45) is 0 Å². The molecule has 1 fully saturated rings. The molecule has 2 atom stereocenters. The minimum absolute atomic E-state index is 0.174. The van der Waals surface area contributed by atoms with Gasteiger partial charge < -0.3 is 14.4 Å². The number of anilines is 1. The second kappa shape index (κ2) is 9.66. The predicted molar refractivity (Wildman–Crippen MR) is 144 cm³/mol. The first kappa shape index (κ1) is 25.6. The Morgan fingerprint density at radius 2 is 1.86 bits per heavy atom. The summed E-state index contributed by atoms with van der Waals surface area (Å²) in [4.78, 5) is 10.7. The maximum absolute atomic E-state index is 12.7. The molecule has 1 aliphatic rings. The number of nitrogens with one attached hydrogen (secondary N) is 1. The van der Waals surface area contributed by atoms with Crippen molar-refractivity contribution in [1.82, 2.24) is 20.2 Å². The van der Waals surface area contributed by atoms with Crippen LogP contribution in [0.2, 0.25) is 10.0 Å². The van der Waals surface area contributed by atoms with Crippen LogP contribution in [-0.2, 0) is 9.84 Å². The number of methoxy groups -OCH3 is 1. The number of H-pyrrole nitrogens is 1. The first-order chi connectivity index (χ1) is 17.6. The number of aromatic nitrogens is 4. The third-order valence-electron chi connectivity index (χ3n) is 6.55. The van der Waals surface area contributed by atoms with Gasteiger partial charge in [0.1, 0.15) is 22.5 Å². The zero-order valence-corrected chi connectivity index (χ0v) is 22.9. The minimum atomic E-state index is -3.54. The average Bonchev–Trinajstić information content (AvgIpc) is 3.24. The van der Waals surface area contributed by atoms with Crippen LogP contribution >= 0.6 is 23.2 Å². The van der Waals surface area contributed by atoms with Crippen LogP contribution in [0.4, 0.5) is 5.82 Å². The fourth-order valence-electron chi connectivity index (χ4n) is 4.44. The number of aromatic amines is 1. The normalized spacial score (nSPS) is 16.5. The Morgan fingerprint density at radius 3 is 2.46 bits per heavy atom. The van der Waals surface area contributed by atoms with E-state index in [2.05, 4.69) is 27.1 Å². The van der Waals surface area contributed by atoms with Gasteiger partial charge in [0.05, 0.1) is 22.7 Å². The Morgan fingerprint density at radius 1 is 1.14 bits per heavy atom. The van der Waals surface area contributed by atoms with Crippen LogP contribution in [0.3, 0.4) is 0 Å². The minimum Gasteiger partial charge on any atom is -0.493 e. The molecule has 0 aliphatic carbocycles. The Bertz CT molecular complexity index is 1590. The molecule has 0 radical (unpaired) electrons. The summed E-state index contributed by atoms with van der Waals surface area (Å²) in [5.74, 6) is 1.39. The van der Waals surface area contributed by atoms with Gasteiger partial charge in [-0.1, -0.05) is 23.2 Å². The molecule has 1 N–H and O–H groups in total. The van der Waals surface area contributed by atoms with E-state index in [0.717, 1.165) is 13.0 Å². The molecule has 1 aliphatic heterocycles. The second-order valence-electron chi connectivity index (χ2n) is 9.05. The molecule has 4 aromatic rings. The van der Waals surface area contributed by atoms with E-state index >= 15 is 0 Å². The third kappa shape index (κ3) is 4.69. The van der Waals surface area contributed by atoms with Crippen molar-refractivity contribution in [2.45, 2.75) is 37.3 Å². The van der Waals surface area contributed by atoms with Crippen molar-refractivity contribution < 1.29 is 17.9 Å². The Kier molecular flexibility index (Phi) is 6.68. The summed E-state index contributed by atoms with van der Waals surface area (Å²) >= 11 is 12.6. The largest absolute Gasteiger partial charge is 0.493 e. The van der Waals surface area contributed by atoms with Crippen molar-refractivity contribution in [3.05, 3.63) is 52.4 Å². The van der Waals surface area contributed by atoms with Crippen molar-refractivity contribution in [1.29, 1.82) is 0 Å². The number of pyridine rings is 2. The lowest BCUT2D eigenvalue weighted by Crippen LogP contribution is -2.46. The predicted octanol–water partition coefficient (Wildman–Crippen LogP) is 5.48. The van der Waals surface area contributed by atoms with Crippen LogP contribution in [0.25, 0.3) is 22.2 Å². The standard InChI is InChI=1S/C25H25Cl2N5O4S/c1-13-5-6-32(13)25-22(37(4,33)34)7-15(10-29-25)24-16-8-21(20(35-3)9-19(16)30-31-24)36-14(2)23-17(26)11-28-12-18(23)27/h7-14H,5-6H2,1-4H3,(H,30,31)/t13-,14?/m0/s1. The van der Waals surface area contributed by atoms with E-state index in [1.54, 1.807) is 31.5 Å². The zero-order chi connectivity index (χ0) is 26.5. The summed E-state index contributed by atoms with van der Waals surface area (Å²) in [5, 5.41) is 8.94. The molecule has 0 spiro atoms. The molecule has 1 aromatic carbocycles. The van der Waals surface area contributed by atoms with Crippen LogP contribution in [0, 0.1) is 0 Å². The summed E-state index contributed by atoms with van der Waals surface area (Å²) in [6.45, 7) is 4.64. The highest BCUT2D eigenvalue weighted by molar-refractivity contribution is 7.90. The van der Waals surface area contributed by atoms with E-state index in [4.69, 9.17) is 32.7 Å². The maximum atomic E-state index is 12.7. The highest BCUT2D eigenvalue weighted by atomic mass is 35.5. The van der Waals surface area contributed by atoms with Gasteiger partial charge in [0, 0.05) is 60.0 Å². The van der Waals surface area contributed by atoms with Crippen LogP contribution in [0.5, 0.6) is 11.5 Å². The van der Waals surface area contributed by atoms with Gasteiger partial charge in [0.2, 0.25) is 0 Å². The third-order valence-corrected chi connectivity index (χ3v) is 8.25. The molecule has 0 bridgehead atoms. The van der Waals surface area contributed by atoms with Gasteiger partial charge in [-0.15, -0.1) is 0 Å². The quantitative estimate of drug-likeness (QED) is 0.316. The lowest BCUT2D eigenvalue weighted by atomic mass is 10.0. The van der Waals surface area contributed by atoms with Crippen molar-refractivity contribution in [3.8, 4) is 22.8 Å². The number of nitrogens with zero attached hydrogens (tertiary/aromatic N) is 4. The topological polar surface area (TPSA) is 110 Å². The van der Waals surface area contributed by atoms with E-state index in [1.807, 2.05) is 11.8 Å². The number of hydrogen-bond donors (Lipinski definition) is 1. The zero-order valence-electron chi connectivity index (χ0n) is 20.6. The number of sulfone groups is 1. The number of fused-ring (bicyclic) bond motifs is 1. The van der Waals surface area contributed by atoms with Crippen LogP contribution in [0.15, 0.2) is 41.7 Å². The molecular weight excluding hydrogens is 537 g/mol. The second-order valence-corrected chi connectivity index (χ2v) is 11.8. The fourth-order valence-corrected chi connectivity index (χ4v) is 5.96. The Balaban J connectivity index is 1.58. The number of halogens is 2. The summed E-state index contributed by atoms with van der Waals surface area (Å²) < 4.78 is 37.1. The Labute approximate surface area is 224 Å². The number of ether oxygens (including phenoxy) is 2. The molecule has 12 heteroatoms. The summed E-state index contributed by atoms with van der Waals surface area (Å²) in [6.07, 6.45) is 6.34. The maximum Gasteiger partial charge on any atom is 0.179 e. The van der Waals surface area contributed by atoms with Crippen LogP contribution < -0.4 is 14.4 Å². The monoisotopic (exact) mass is 561 g/mol. The number of hydrogen-bond acceptors (Lipinski definition) is 8. The lowest BCUT2D eigenvalue weighted by molar-refractivity contribution is 0.216. The van der Waals surface area contributed by atoms with Gasteiger partial charge in [-0.25, -0.2) is 13.4 Å². The van der Waals surface area contributed by atoms with E-state index in [0.29, 0.717) is 55.1 Å². The van der Waals surface area contributed by atoms with Crippen LogP contribution in [0.1, 0.15) is 31.9 Å². The van der Waals surface area contributed by atoms with Gasteiger partial charge in [0.15, 0.2) is 21.3 Å². The Hall–Kier alpha value is -3.08. The fraction of sp³-hybridized carbons (Fsp3) is 0.320. The highest BCUT2D eigenvalue weighted by Gasteiger charge is 2.30. The summed E-state index contributed by atoms with van der Waals surface area (Å²) in [5.41, 5.74) is 2.39. The van der Waals surface area contributed by atoms with Crippen LogP contribution in [-0.4, -0.2) is 54.5 Å². The molecule has 4 heterocycles. The molecule has 1 saturated heterocycles. The van der Waals surface area contributed by atoms with Gasteiger partial charge in [-0.05, 0) is 32.4 Å². The molecule has 1 unspecified atom stereocenters. The van der Waals surface area contributed by atoms with E-state index in [9.17, 15) is 8.42 Å². The highest BCUT2D eigenvalue weighted by Crippen LogP contribution is 2.41. The van der Waals surface area contributed by atoms with Gasteiger partial charge in [0.25, 0.3) is 0 Å². The molecule has 0 saturated carbocycles. The first-order valence-electron chi connectivity index (χ1n) is 11.6. The summed E-state index contributed by atoms with van der Waals surface area (Å²) in [7, 11) is -1.99. The number of benzene rings is 1. The SMILES string of the molecule is COc1cc2[nH]nc(-c3cnc(N4CC[C@@H]4C)c(S(C)(=O)=O)c3)c2cc1OC(C)c1c(Cl)cncc1Cl. The molecular formula is C25H25Cl2N5O4S. The average molecular weight is 562 g/mol. The van der Waals surface area contributed by atoms with Crippen molar-refractivity contribution >= 4 is 49.8 Å². The molecule has 5 rings (SSSR count). The number of rotatable bonds is 7. The summed E-state index contributed by atoms with van der Waals surface area (Å²) in [6, 6.07) is 5.42. The molecule has 0 amide bonds. The molecule has 37 heavy (non-hydrogen) atoms. The van der Waals surface area contributed by atoms with Gasteiger partial charge >= 0.3 is 0 Å². The van der Waals surface area contributed by atoms with E-state index < -0.39 is 15.9 Å². The van der Waals surface area contributed by atoms with E-state index in [1.165, 1.54) is 18.6 Å². The van der Waals surface area contributed by atoms with E-state index in [-0.39, 0.29) is 10.9 Å². The first-order valence-corrected chi connectivity index (χ1v) is 14.2. The van der Waals surface area contributed by atoms with Gasteiger partial charge in [-0.2, -0.15) is 5.10 Å². The lowest BCUT2D eigenvalue weighted by Gasteiger charge is -2.40. The van der Waals surface area contributed by atoms with Gasteiger partial charge in [-0.3, -0.25) is 10.1 Å². The molecule has 3 aromatic heterocycles. The van der Waals surface area contributed by atoms with Crippen molar-refractivity contribution in [2.75, 3.05) is 24.8 Å².